The van der Waals surface area contributed by atoms with Crippen molar-refractivity contribution >= 4 is 23.6 Å². The van der Waals surface area contributed by atoms with E-state index in [1.165, 1.54) is 19.3 Å². The van der Waals surface area contributed by atoms with Crippen LogP contribution >= 0.6 is 11.8 Å². The molecular formula is C18H32N2O2S. The molecule has 2 fully saturated rings. The molecule has 0 aromatic carbocycles. The first-order valence-electron chi connectivity index (χ1n) is 9.23. The highest BCUT2D eigenvalue weighted by atomic mass is 32.2. The molecule has 132 valence electrons. The third-order valence-electron chi connectivity index (χ3n) is 5.08. The average molecular weight is 341 g/mol. The lowest BCUT2D eigenvalue weighted by Crippen LogP contribution is -2.49. The molecule has 5 heteroatoms. The monoisotopic (exact) mass is 340 g/mol. The van der Waals surface area contributed by atoms with E-state index in [0.29, 0.717) is 11.3 Å². The standard InChI is InChI=1S/C18H32N2O2S/c1-4-23-16-8-6-5-7-15(16)19-17(21)14-9-11-20(12-10-14)18(22)13(2)3/h13-16H,4-12H2,1-3H3,(H,19,21). The minimum atomic E-state index is 0.0504. The van der Waals surface area contributed by atoms with Crippen molar-refractivity contribution in [3.8, 4) is 0 Å². The van der Waals surface area contributed by atoms with Gasteiger partial charge in [-0.2, -0.15) is 11.8 Å². The highest BCUT2D eigenvalue weighted by Gasteiger charge is 2.32. The fraction of sp³-hybridized carbons (Fsp3) is 0.889. The van der Waals surface area contributed by atoms with Crippen LogP contribution in [0.4, 0.5) is 0 Å². The molecule has 2 atom stereocenters. The Morgan fingerprint density at radius 1 is 1.13 bits per heavy atom. The summed E-state index contributed by atoms with van der Waals surface area (Å²) in [4.78, 5) is 26.6. The molecule has 2 rings (SSSR count). The van der Waals surface area contributed by atoms with Crippen LogP contribution in [0.25, 0.3) is 0 Å². The van der Waals surface area contributed by atoms with E-state index in [-0.39, 0.29) is 23.7 Å². The van der Waals surface area contributed by atoms with Gasteiger partial charge in [0.05, 0.1) is 0 Å². The van der Waals surface area contributed by atoms with Crippen LogP contribution in [-0.4, -0.2) is 46.8 Å². The number of likely N-dealkylation sites (tertiary alicyclic amines) is 1. The zero-order valence-corrected chi connectivity index (χ0v) is 15.7. The molecule has 2 aliphatic rings. The van der Waals surface area contributed by atoms with Crippen LogP contribution in [0, 0.1) is 11.8 Å². The third kappa shape index (κ3) is 5.13. The fourth-order valence-corrected chi connectivity index (χ4v) is 4.90. The van der Waals surface area contributed by atoms with Crippen molar-refractivity contribution in [1.82, 2.24) is 10.2 Å². The second-order valence-electron chi connectivity index (χ2n) is 7.15. The minimum Gasteiger partial charge on any atom is -0.352 e. The maximum Gasteiger partial charge on any atom is 0.225 e. The average Bonchev–Trinajstić information content (AvgIpc) is 2.56. The summed E-state index contributed by atoms with van der Waals surface area (Å²) < 4.78 is 0. The predicted molar refractivity (Wildman–Crippen MR) is 96.5 cm³/mol. The smallest absolute Gasteiger partial charge is 0.225 e. The summed E-state index contributed by atoms with van der Waals surface area (Å²) in [7, 11) is 0. The molecular weight excluding hydrogens is 308 g/mol. The Bertz CT molecular complexity index is 404. The van der Waals surface area contributed by atoms with E-state index in [1.807, 2.05) is 30.5 Å². The summed E-state index contributed by atoms with van der Waals surface area (Å²) in [5.74, 6) is 1.69. The van der Waals surface area contributed by atoms with Crippen molar-refractivity contribution in [3.63, 3.8) is 0 Å². The second kappa shape index (κ2) is 8.95. The first-order valence-corrected chi connectivity index (χ1v) is 10.3. The van der Waals surface area contributed by atoms with Gasteiger partial charge in [0, 0.05) is 36.2 Å². The molecule has 0 aromatic rings. The number of nitrogens with one attached hydrogen (secondary N) is 1. The molecule has 1 N–H and O–H groups in total. The van der Waals surface area contributed by atoms with Gasteiger partial charge in [-0.05, 0) is 31.4 Å². The topological polar surface area (TPSA) is 49.4 Å². The minimum absolute atomic E-state index is 0.0504. The summed E-state index contributed by atoms with van der Waals surface area (Å²) in [5, 5.41) is 3.91. The number of carbonyl (C=O) groups excluding carboxylic acids is 2. The first kappa shape index (κ1) is 18.6. The lowest BCUT2D eigenvalue weighted by atomic mass is 9.91. The van der Waals surface area contributed by atoms with Gasteiger partial charge in [-0.3, -0.25) is 9.59 Å². The van der Waals surface area contributed by atoms with Gasteiger partial charge in [0.1, 0.15) is 0 Å². The molecule has 1 saturated heterocycles. The molecule has 0 spiro atoms. The van der Waals surface area contributed by atoms with Gasteiger partial charge in [-0.1, -0.05) is 33.6 Å². The van der Waals surface area contributed by atoms with Gasteiger partial charge in [0.15, 0.2) is 0 Å². The lowest BCUT2D eigenvalue weighted by Gasteiger charge is -2.35. The van der Waals surface area contributed by atoms with Crippen molar-refractivity contribution in [2.75, 3.05) is 18.8 Å². The molecule has 0 radical (unpaired) electrons. The van der Waals surface area contributed by atoms with E-state index in [9.17, 15) is 9.59 Å². The van der Waals surface area contributed by atoms with Crippen LogP contribution < -0.4 is 5.32 Å². The largest absolute Gasteiger partial charge is 0.352 e. The summed E-state index contributed by atoms with van der Waals surface area (Å²) in [6, 6.07) is 0.344. The van der Waals surface area contributed by atoms with Crippen LogP contribution in [0.5, 0.6) is 0 Å². The number of carbonyl (C=O) groups is 2. The molecule has 2 amide bonds. The zero-order chi connectivity index (χ0) is 16.8. The SMILES string of the molecule is CCSC1CCCCC1NC(=O)C1CCN(C(=O)C(C)C)CC1. The lowest BCUT2D eigenvalue weighted by molar-refractivity contribution is -0.138. The Balaban J connectivity index is 1.81. The molecule has 2 unspecified atom stereocenters. The molecule has 23 heavy (non-hydrogen) atoms. The maximum absolute atomic E-state index is 12.6. The van der Waals surface area contributed by atoms with Crippen LogP contribution in [0.2, 0.25) is 0 Å². The van der Waals surface area contributed by atoms with E-state index < -0.39 is 0 Å². The molecule has 1 heterocycles. The molecule has 4 nitrogen and oxygen atoms in total. The Kier molecular flexibility index (Phi) is 7.25. The molecule has 1 aliphatic carbocycles. The number of rotatable bonds is 5. The molecule has 1 aliphatic heterocycles. The van der Waals surface area contributed by atoms with Crippen LogP contribution in [0.15, 0.2) is 0 Å². The van der Waals surface area contributed by atoms with E-state index in [2.05, 4.69) is 12.2 Å². The van der Waals surface area contributed by atoms with Crippen LogP contribution in [0.1, 0.15) is 59.3 Å². The zero-order valence-electron chi connectivity index (χ0n) is 14.8. The normalized spacial score (nSPS) is 26.3. The first-order chi connectivity index (χ1) is 11.0. The summed E-state index contributed by atoms with van der Waals surface area (Å²) in [6.45, 7) is 7.53. The van der Waals surface area contributed by atoms with Gasteiger partial charge >= 0.3 is 0 Å². The Hall–Kier alpha value is -0.710. The van der Waals surface area contributed by atoms with E-state index in [4.69, 9.17) is 0 Å². The van der Waals surface area contributed by atoms with Crippen molar-refractivity contribution < 1.29 is 9.59 Å². The van der Waals surface area contributed by atoms with E-state index in [0.717, 1.165) is 38.1 Å². The summed E-state index contributed by atoms with van der Waals surface area (Å²) in [6.07, 6.45) is 6.48. The van der Waals surface area contributed by atoms with Crippen LogP contribution in [-0.2, 0) is 9.59 Å². The van der Waals surface area contributed by atoms with Gasteiger partial charge < -0.3 is 10.2 Å². The number of piperidine rings is 1. The maximum atomic E-state index is 12.6. The summed E-state index contributed by atoms with van der Waals surface area (Å²) >= 11 is 1.99. The van der Waals surface area contributed by atoms with Crippen molar-refractivity contribution in [2.45, 2.75) is 70.6 Å². The number of hydrogen-bond donors (Lipinski definition) is 1. The number of nitrogens with zero attached hydrogens (tertiary/aromatic N) is 1. The molecule has 1 saturated carbocycles. The molecule has 0 bridgehead atoms. The predicted octanol–water partition coefficient (Wildman–Crippen LogP) is 3.06. The number of hydrogen-bond acceptors (Lipinski definition) is 3. The quantitative estimate of drug-likeness (QED) is 0.837. The fourth-order valence-electron chi connectivity index (χ4n) is 3.70. The highest BCUT2D eigenvalue weighted by Crippen LogP contribution is 2.29. The van der Waals surface area contributed by atoms with Crippen molar-refractivity contribution in [1.29, 1.82) is 0 Å². The third-order valence-corrected chi connectivity index (χ3v) is 6.41. The van der Waals surface area contributed by atoms with Crippen molar-refractivity contribution in [3.05, 3.63) is 0 Å². The Morgan fingerprint density at radius 2 is 1.78 bits per heavy atom. The van der Waals surface area contributed by atoms with E-state index in [1.54, 1.807) is 0 Å². The van der Waals surface area contributed by atoms with Gasteiger partial charge in [0.25, 0.3) is 0 Å². The Morgan fingerprint density at radius 3 is 2.39 bits per heavy atom. The second-order valence-corrected chi connectivity index (χ2v) is 8.66. The van der Waals surface area contributed by atoms with E-state index >= 15 is 0 Å². The number of amides is 2. The van der Waals surface area contributed by atoms with Gasteiger partial charge in [0.2, 0.25) is 11.8 Å². The molecule has 0 aromatic heterocycles. The Labute approximate surface area is 145 Å². The van der Waals surface area contributed by atoms with Gasteiger partial charge in [-0.25, -0.2) is 0 Å². The van der Waals surface area contributed by atoms with Crippen molar-refractivity contribution in [2.24, 2.45) is 11.8 Å². The van der Waals surface area contributed by atoms with Crippen LogP contribution in [0.3, 0.4) is 0 Å². The highest BCUT2D eigenvalue weighted by molar-refractivity contribution is 7.99. The summed E-state index contributed by atoms with van der Waals surface area (Å²) in [5.41, 5.74) is 0. The number of thioether (sulfide) groups is 1. The van der Waals surface area contributed by atoms with Gasteiger partial charge in [-0.15, -0.1) is 0 Å².